The molecule has 2 aromatic rings. The first-order valence-electron chi connectivity index (χ1n) is 8.69. The standard InChI is InChI=1S/C18H24N4O4/c1-5-12(4)16(19-15(23)9-11(2)3)18-20-17(21-26-18)13-7-6-8-14(10-13)22(24)25/h6-8,10-12,16H,5,9H2,1-4H3,(H,19,23)/t12-,16-/m1/s1. The van der Waals surface area contributed by atoms with Crippen molar-refractivity contribution in [3.63, 3.8) is 0 Å². The van der Waals surface area contributed by atoms with Crippen LogP contribution in [0.15, 0.2) is 28.8 Å². The molecule has 140 valence electrons. The van der Waals surface area contributed by atoms with Crippen LogP contribution in [0.5, 0.6) is 0 Å². The Labute approximate surface area is 152 Å². The fourth-order valence-electron chi connectivity index (χ4n) is 2.52. The molecule has 2 rings (SSSR count). The van der Waals surface area contributed by atoms with Crippen molar-refractivity contribution in [1.29, 1.82) is 0 Å². The van der Waals surface area contributed by atoms with Gasteiger partial charge in [0.1, 0.15) is 6.04 Å². The summed E-state index contributed by atoms with van der Waals surface area (Å²) in [6.07, 6.45) is 1.24. The Balaban J connectivity index is 2.27. The second-order valence-corrected chi connectivity index (χ2v) is 6.79. The maximum Gasteiger partial charge on any atom is 0.270 e. The molecule has 0 saturated carbocycles. The van der Waals surface area contributed by atoms with Crippen LogP contribution in [-0.4, -0.2) is 21.0 Å². The topological polar surface area (TPSA) is 111 Å². The molecule has 0 fully saturated rings. The first-order chi connectivity index (χ1) is 12.3. The van der Waals surface area contributed by atoms with Crippen molar-refractivity contribution in [2.75, 3.05) is 0 Å². The van der Waals surface area contributed by atoms with Gasteiger partial charge in [-0.1, -0.05) is 51.4 Å². The molecular formula is C18H24N4O4. The number of carbonyl (C=O) groups is 1. The maximum absolute atomic E-state index is 12.2. The Morgan fingerprint density at radius 1 is 1.35 bits per heavy atom. The molecule has 2 atom stereocenters. The van der Waals surface area contributed by atoms with Gasteiger partial charge in [-0.05, 0) is 11.8 Å². The van der Waals surface area contributed by atoms with Crippen LogP contribution in [0.1, 0.15) is 52.5 Å². The minimum Gasteiger partial charge on any atom is -0.344 e. The summed E-state index contributed by atoms with van der Waals surface area (Å²) >= 11 is 0. The molecular weight excluding hydrogens is 336 g/mol. The minimum absolute atomic E-state index is 0.0439. The summed E-state index contributed by atoms with van der Waals surface area (Å²) in [5, 5.41) is 17.8. The number of rotatable bonds is 8. The number of nitrogens with zero attached hydrogens (tertiary/aromatic N) is 3. The van der Waals surface area contributed by atoms with Gasteiger partial charge in [-0.2, -0.15) is 4.98 Å². The van der Waals surface area contributed by atoms with Gasteiger partial charge in [0.25, 0.3) is 5.69 Å². The van der Waals surface area contributed by atoms with E-state index in [0.29, 0.717) is 17.9 Å². The number of carbonyl (C=O) groups excluding carboxylic acids is 1. The normalized spacial score (nSPS) is 13.4. The summed E-state index contributed by atoms with van der Waals surface area (Å²) in [5.74, 6) is 0.841. The Morgan fingerprint density at radius 2 is 2.08 bits per heavy atom. The molecule has 0 aliphatic heterocycles. The van der Waals surface area contributed by atoms with E-state index >= 15 is 0 Å². The van der Waals surface area contributed by atoms with Gasteiger partial charge in [0, 0.05) is 24.1 Å². The molecule has 1 aromatic heterocycles. The molecule has 0 unspecified atom stereocenters. The van der Waals surface area contributed by atoms with Crippen LogP contribution in [0, 0.1) is 22.0 Å². The van der Waals surface area contributed by atoms with E-state index in [1.807, 2.05) is 27.7 Å². The van der Waals surface area contributed by atoms with E-state index in [1.54, 1.807) is 12.1 Å². The summed E-state index contributed by atoms with van der Waals surface area (Å²) in [7, 11) is 0. The van der Waals surface area contributed by atoms with Gasteiger partial charge in [0.15, 0.2) is 0 Å². The van der Waals surface area contributed by atoms with Crippen LogP contribution < -0.4 is 5.32 Å². The predicted molar refractivity (Wildman–Crippen MR) is 96.2 cm³/mol. The fourth-order valence-corrected chi connectivity index (χ4v) is 2.52. The van der Waals surface area contributed by atoms with E-state index in [2.05, 4.69) is 15.5 Å². The number of hydrogen-bond donors (Lipinski definition) is 1. The number of nitro benzene ring substituents is 1. The molecule has 1 N–H and O–H groups in total. The summed E-state index contributed by atoms with van der Waals surface area (Å²) in [5.41, 5.74) is 0.447. The van der Waals surface area contributed by atoms with Gasteiger partial charge in [-0.25, -0.2) is 0 Å². The third-order valence-corrected chi connectivity index (χ3v) is 4.15. The van der Waals surface area contributed by atoms with Crippen molar-refractivity contribution >= 4 is 11.6 Å². The van der Waals surface area contributed by atoms with Crippen LogP contribution in [0.4, 0.5) is 5.69 Å². The van der Waals surface area contributed by atoms with E-state index < -0.39 is 11.0 Å². The predicted octanol–water partition coefficient (Wildman–Crippen LogP) is 3.89. The van der Waals surface area contributed by atoms with Crippen molar-refractivity contribution in [2.24, 2.45) is 11.8 Å². The quantitative estimate of drug-likeness (QED) is 0.564. The minimum atomic E-state index is -0.474. The van der Waals surface area contributed by atoms with E-state index in [0.717, 1.165) is 6.42 Å². The lowest BCUT2D eigenvalue weighted by Crippen LogP contribution is -2.33. The average Bonchev–Trinajstić information content (AvgIpc) is 3.08. The second-order valence-electron chi connectivity index (χ2n) is 6.79. The van der Waals surface area contributed by atoms with Gasteiger partial charge in [0.05, 0.1) is 4.92 Å². The Bertz CT molecular complexity index is 772. The van der Waals surface area contributed by atoms with E-state index in [1.165, 1.54) is 12.1 Å². The lowest BCUT2D eigenvalue weighted by Gasteiger charge is -2.21. The molecule has 0 bridgehead atoms. The summed E-state index contributed by atoms with van der Waals surface area (Å²) in [6.45, 7) is 7.97. The molecule has 0 aliphatic rings. The van der Waals surface area contributed by atoms with Gasteiger partial charge < -0.3 is 9.84 Å². The van der Waals surface area contributed by atoms with Crippen LogP contribution in [0.25, 0.3) is 11.4 Å². The van der Waals surface area contributed by atoms with Gasteiger partial charge in [-0.3, -0.25) is 14.9 Å². The first-order valence-corrected chi connectivity index (χ1v) is 8.69. The van der Waals surface area contributed by atoms with Gasteiger partial charge in [0.2, 0.25) is 17.6 Å². The van der Waals surface area contributed by atoms with Crippen molar-refractivity contribution in [3.8, 4) is 11.4 Å². The summed E-state index contributed by atoms with van der Waals surface area (Å²) in [4.78, 5) is 27.0. The van der Waals surface area contributed by atoms with Crippen molar-refractivity contribution in [2.45, 2.75) is 46.6 Å². The van der Waals surface area contributed by atoms with Gasteiger partial charge >= 0.3 is 0 Å². The highest BCUT2D eigenvalue weighted by molar-refractivity contribution is 5.76. The van der Waals surface area contributed by atoms with E-state index in [4.69, 9.17) is 4.52 Å². The second kappa shape index (κ2) is 8.55. The first kappa shape index (κ1) is 19.6. The number of nitrogens with one attached hydrogen (secondary N) is 1. The maximum atomic E-state index is 12.2. The van der Waals surface area contributed by atoms with Crippen LogP contribution in [0.3, 0.4) is 0 Å². The molecule has 8 nitrogen and oxygen atoms in total. The zero-order valence-corrected chi connectivity index (χ0v) is 15.4. The number of non-ortho nitro benzene ring substituents is 1. The zero-order valence-electron chi connectivity index (χ0n) is 15.4. The Kier molecular flexibility index (Phi) is 6.43. The van der Waals surface area contributed by atoms with E-state index in [9.17, 15) is 14.9 Å². The third-order valence-electron chi connectivity index (χ3n) is 4.15. The SMILES string of the molecule is CC[C@@H](C)[C@@H](NC(=O)CC(C)C)c1nc(-c2cccc([N+](=O)[O-])c2)no1. The van der Waals surface area contributed by atoms with Crippen molar-refractivity contribution < 1.29 is 14.2 Å². The molecule has 1 aromatic carbocycles. The molecule has 0 aliphatic carbocycles. The Hall–Kier alpha value is -2.77. The molecule has 0 spiro atoms. The van der Waals surface area contributed by atoms with Crippen molar-refractivity contribution in [3.05, 3.63) is 40.3 Å². The lowest BCUT2D eigenvalue weighted by molar-refractivity contribution is -0.384. The number of aromatic nitrogens is 2. The molecule has 0 saturated heterocycles. The molecule has 0 radical (unpaired) electrons. The number of nitro groups is 1. The number of amides is 1. The van der Waals surface area contributed by atoms with Gasteiger partial charge in [-0.15, -0.1) is 0 Å². The number of hydrogen-bond acceptors (Lipinski definition) is 6. The largest absolute Gasteiger partial charge is 0.344 e. The van der Waals surface area contributed by atoms with Crippen LogP contribution in [0.2, 0.25) is 0 Å². The summed E-state index contributed by atoms with van der Waals surface area (Å²) < 4.78 is 5.36. The zero-order chi connectivity index (χ0) is 19.3. The molecule has 8 heteroatoms. The lowest BCUT2D eigenvalue weighted by atomic mass is 9.98. The molecule has 26 heavy (non-hydrogen) atoms. The fraction of sp³-hybridized carbons (Fsp3) is 0.500. The highest BCUT2D eigenvalue weighted by atomic mass is 16.6. The monoisotopic (exact) mass is 360 g/mol. The van der Waals surface area contributed by atoms with E-state index in [-0.39, 0.29) is 29.3 Å². The smallest absolute Gasteiger partial charge is 0.270 e. The number of benzene rings is 1. The summed E-state index contributed by atoms with van der Waals surface area (Å²) in [6, 6.07) is 5.64. The molecule has 1 amide bonds. The highest BCUT2D eigenvalue weighted by Gasteiger charge is 2.26. The van der Waals surface area contributed by atoms with Crippen LogP contribution >= 0.6 is 0 Å². The Morgan fingerprint density at radius 3 is 2.69 bits per heavy atom. The molecule has 1 heterocycles. The van der Waals surface area contributed by atoms with Crippen LogP contribution in [-0.2, 0) is 4.79 Å². The average molecular weight is 360 g/mol. The third kappa shape index (κ3) is 4.87. The highest BCUT2D eigenvalue weighted by Crippen LogP contribution is 2.27. The van der Waals surface area contributed by atoms with Crippen molar-refractivity contribution in [1.82, 2.24) is 15.5 Å².